The highest BCUT2D eigenvalue weighted by Gasteiger charge is 2.22. The van der Waals surface area contributed by atoms with Gasteiger partial charge in [-0.3, -0.25) is 9.48 Å². The first-order chi connectivity index (χ1) is 10.5. The first-order valence-electron chi connectivity index (χ1n) is 7.82. The molecule has 0 bridgehead atoms. The minimum Gasteiger partial charge on any atom is -0.356 e. The third-order valence-corrected chi connectivity index (χ3v) is 4.18. The lowest BCUT2D eigenvalue weighted by Crippen LogP contribution is -2.29. The molecule has 2 rings (SSSR count). The highest BCUT2D eigenvalue weighted by atomic mass is 16.1. The minimum atomic E-state index is -0.162. The van der Waals surface area contributed by atoms with Gasteiger partial charge in [0.05, 0.1) is 11.6 Å². The van der Waals surface area contributed by atoms with Crippen molar-refractivity contribution in [1.82, 2.24) is 15.1 Å². The molecule has 1 heterocycles. The molecule has 22 heavy (non-hydrogen) atoms. The molecule has 0 saturated heterocycles. The maximum Gasteiger partial charge on any atom is 0.227 e. The average Bonchev–Trinajstić information content (AvgIpc) is 2.76. The zero-order valence-corrected chi connectivity index (χ0v) is 13.9. The van der Waals surface area contributed by atoms with Crippen molar-refractivity contribution in [3.05, 3.63) is 52.8 Å². The quantitative estimate of drug-likeness (QED) is 0.834. The fourth-order valence-corrected chi connectivity index (χ4v) is 2.85. The molecule has 1 amide bonds. The van der Waals surface area contributed by atoms with E-state index in [0.717, 1.165) is 29.8 Å². The van der Waals surface area contributed by atoms with Gasteiger partial charge in [-0.05, 0) is 39.2 Å². The van der Waals surface area contributed by atoms with Gasteiger partial charge in [0.25, 0.3) is 0 Å². The molecule has 1 N–H and O–H groups in total. The summed E-state index contributed by atoms with van der Waals surface area (Å²) in [5.41, 5.74) is 4.35. The van der Waals surface area contributed by atoms with Crippen LogP contribution >= 0.6 is 0 Å². The van der Waals surface area contributed by atoms with Crippen molar-refractivity contribution in [3.8, 4) is 0 Å². The van der Waals surface area contributed by atoms with Crippen LogP contribution in [0.2, 0.25) is 0 Å². The molecule has 0 fully saturated rings. The van der Waals surface area contributed by atoms with Crippen LogP contribution in [0.3, 0.4) is 0 Å². The molecular weight excluding hydrogens is 274 g/mol. The molecule has 0 aliphatic heterocycles. The number of amides is 1. The van der Waals surface area contributed by atoms with E-state index in [2.05, 4.69) is 22.5 Å². The molecule has 4 heteroatoms. The average molecular weight is 299 g/mol. The number of aromatic nitrogens is 2. The molecule has 0 radical (unpaired) electrons. The predicted octanol–water partition coefficient (Wildman–Crippen LogP) is 2.89. The van der Waals surface area contributed by atoms with Crippen molar-refractivity contribution in [2.75, 3.05) is 6.54 Å². The topological polar surface area (TPSA) is 46.9 Å². The summed E-state index contributed by atoms with van der Waals surface area (Å²) in [6.07, 6.45) is 1.94. The Bertz CT molecular complexity index is 631. The van der Waals surface area contributed by atoms with Crippen molar-refractivity contribution >= 4 is 5.91 Å². The van der Waals surface area contributed by atoms with Crippen molar-refractivity contribution in [3.63, 3.8) is 0 Å². The van der Waals surface area contributed by atoms with Gasteiger partial charge in [0, 0.05) is 24.8 Å². The number of aryl methyl sites for hydroxylation is 3. The second-order valence-electron chi connectivity index (χ2n) is 5.81. The summed E-state index contributed by atoms with van der Waals surface area (Å²) in [5, 5.41) is 7.43. The number of hydrogen-bond donors (Lipinski definition) is 1. The minimum absolute atomic E-state index is 0.0762. The second-order valence-corrected chi connectivity index (χ2v) is 5.81. The highest BCUT2D eigenvalue weighted by Crippen LogP contribution is 2.22. The number of hydrogen-bond acceptors (Lipinski definition) is 2. The zero-order valence-electron chi connectivity index (χ0n) is 13.9. The summed E-state index contributed by atoms with van der Waals surface area (Å²) in [7, 11) is 1.91. The molecule has 0 aliphatic carbocycles. The number of nitrogens with one attached hydrogen (secondary N) is 1. The zero-order chi connectivity index (χ0) is 16.1. The summed E-state index contributed by atoms with van der Waals surface area (Å²) in [6, 6.07) is 10.3. The summed E-state index contributed by atoms with van der Waals surface area (Å²) in [6.45, 7) is 6.62. The maximum absolute atomic E-state index is 12.3. The molecule has 1 aromatic heterocycles. The van der Waals surface area contributed by atoms with Crippen molar-refractivity contribution < 1.29 is 4.79 Å². The largest absolute Gasteiger partial charge is 0.356 e. The van der Waals surface area contributed by atoms with Crippen LogP contribution in [0.25, 0.3) is 0 Å². The molecule has 0 spiro atoms. The summed E-state index contributed by atoms with van der Waals surface area (Å²) in [5.74, 6) is -0.0855. The van der Waals surface area contributed by atoms with Crippen LogP contribution in [0.15, 0.2) is 30.3 Å². The molecule has 0 unspecified atom stereocenters. The Morgan fingerprint density at radius 1 is 1.27 bits per heavy atom. The lowest BCUT2D eigenvalue weighted by Gasteiger charge is -2.13. The third kappa shape index (κ3) is 3.75. The normalized spacial score (nSPS) is 12.2. The van der Waals surface area contributed by atoms with E-state index in [1.807, 2.05) is 50.7 Å². The number of rotatable bonds is 6. The number of nitrogens with zero attached hydrogens (tertiary/aromatic N) is 2. The van der Waals surface area contributed by atoms with Crippen LogP contribution in [-0.4, -0.2) is 22.2 Å². The maximum atomic E-state index is 12.3. The summed E-state index contributed by atoms with van der Waals surface area (Å²) in [4.78, 5) is 12.3. The monoisotopic (exact) mass is 299 g/mol. The van der Waals surface area contributed by atoms with Crippen LogP contribution in [-0.2, 0) is 18.3 Å². The van der Waals surface area contributed by atoms with Gasteiger partial charge >= 0.3 is 0 Å². The van der Waals surface area contributed by atoms with Gasteiger partial charge in [-0.1, -0.05) is 30.3 Å². The first kappa shape index (κ1) is 16.3. The van der Waals surface area contributed by atoms with Crippen LogP contribution in [0.4, 0.5) is 0 Å². The van der Waals surface area contributed by atoms with Crippen molar-refractivity contribution in [2.45, 2.75) is 39.5 Å². The molecule has 2 aromatic rings. The smallest absolute Gasteiger partial charge is 0.227 e. The van der Waals surface area contributed by atoms with E-state index in [9.17, 15) is 4.79 Å². The van der Waals surface area contributed by atoms with Gasteiger partial charge in [-0.25, -0.2) is 0 Å². The summed E-state index contributed by atoms with van der Waals surface area (Å²) < 4.78 is 1.84. The Labute approximate surface area is 132 Å². The molecular formula is C18H25N3O. The van der Waals surface area contributed by atoms with Gasteiger partial charge < -0.3 is 5.32 Å². The standard InChI is InChI=1S/C18H25N3O/c1-13(17-14(2)20-21(4)15(17)3)18(22)19-12-8-11-16-9-6-5-7-10-16/h5-7,9-10,13H,8,11-12H2,1-4H3,(H,19,22)/t13-/m1/s1. The van der Waals surface area contributed by atoms with Gasteiger partial charge in [0.15, 0.2) is 0 Å². The third-order valence-electron chi connectivity index (χ3n) is 4.18. The summed E-state index contributed by atoms with van der Waals surface area (Å²) >= 11 is 0. The van der Waals surface area contributed by atoms with Crippen molar-refractivity contribution in [2.24, 2.45) is 7.05 Å². The molecule has 0 saturated carbocycles. The SMILES string of the molecule is Cc1nn(C)c(C)c1[C@@H](C)C(=O)NCCCc1ccccc1. The number of benzene rings is 1. The molecule has 118 valence electrons. The molecule has 4 nitrogen and oxygen atoms in total. The fourth-order valence-electron chi connectivity index (χ4n) is 2.85. The van der Waals surface area contributed by atoms with Crippen LogP contribution in [0, 0.1) is 13.8 Å². The second kappa shape index (κ2) is 7.25. The van der Waals surface area contributed by atoms with Gasteiger partial charge in [-0.2, -0.15) is 5.10 Å². The highest BCUT2D eigenvalue weighted by molar-refractivity contribution is 5.83. The molecule has 1 aromatic carbocycles. The van der Waals surface area contributed by atoms with E-state index in [4.69, 9.17) is 0 Å². The van der Waals surface area contributed by atoms with E-state index in [1.54, 1.807) is 0 Å². The predicted molar refractivity (Wildman–Crippen MR) is 88.9 cm³/mol. The number of carbonyl (C=O) groups excluding carboxylic acids is 1. The fraction of sp³-hybridized carbons (Fsp3) is 0.444. The lowest BCUT2D eigenvalue weighted by molar-refractivity contribution is -0.122. The first-order valence-corrected chi connectivity index (χ1v) is 7.82. The van der Waals surface area contributed by atoms with E-state index < -0.39 is 0 Å². The Balaban J connectivity index is 1.84. The van der Waals surface area contributed by atoms with E-state index in [0.29, 0.717) is 6.54 Å². The van der Waals surface area contributed by atoms with E-state index in [-0.39, 0.29) is 11.8 Å². The molecule has 1 atom stereocenters. The molecule has 0 aliphatic rings. The van der Waals surface area contributed by atoms with Gasteiger partial charge in [0.1, 0.15) is 0 Å². The Kier molecular flexibility index (Phi) is 5.36. The van der Waals surface area contributed by atoms with Crippen LogP contribution in [0.1, 0.15) is 41.8 Å². The van der Waals surface area contributed by atoms with E-state index in [1.165, 1.54) is 5.56 Å². The van der Waals surface area contributed by atoms with Gasteiger partial charge in [-0.15, -0.1) is 0 Å². The Hall–Kier alpha value is -2.10. The Morgan fingerprint density at radius 2 is 1.95 bits per heavy atom. The van der Waals surface area contributed by atoms with Crippen molar-refractivity contribution in [1.29, 1.82) is 0 Å². The van der Waals surface area contributed by atoms with E-state index >= 15 is 0 Å². The van der Waals surface area contributed by atoms with Crippen LogP contribution in [0.5, 0.6) is 0 Å². The van der Waals surface area contributed by atoms with Gasteiger partial charge in [0.2, 0.25) is 5.91 Å². The number of carbonyl (C=O) groups is 1. The lowest BCUT2D eigenvalue weighted by atomic mass is 9.98. The Morgan fingerprint density at radius 3 is 2.55 bits per heavy atom. The van der Waals surface area contributed by atoms with Crippen LogP contribution < -0.4 is 5.32 Å².